The van der Waals surface area contributed by atoms with E-state index >= 15 is 0 Å². The Balaban J connectivity index is 1.83. The van der Waals surface area contributed by atoms with Crippen molar-refractivity contribution >= 4 is 5.69 Å². The first-order chi connectivity index (χ1) is 10.3. The number of hydrogen-bond donors (Lipinski definition) is 0. The maximum absolute atomic E-state index is 9.16. The Labute approximate surface area is 125 Å². The van der Waals surface area contributed by atoms with E-state index in [9.17, 15) is 0 Å². The van der Waals surface area contributed by atoms with Gasteiger partial charge in [0.15, 0.2) is 0 Å². The third kappa shape index (κ3) is 2.88. The average Bonchev–Trinajstić information content (AvgIpc) is 2.56. The topological polar surface area (TPSA) is 43.2 Å². The highest BCUT2D eigenvalue weighted by molar-refractivity contribution is 5.71. The molecule has 0 aliphatic carbocycles. The Morgan fingerprint density at radius 2 is 1.76 bits per heavy atom. The smallest absolute Gasteiger partial charge is 0.101 e. The van der Waals surface area contributed by atoms with Crippen LogP contribution in [0.5, 0.6) is 0 Å². The van der Waals surface area contributed by atoms with Gasteiger partial charge in [-0.3, -0.25) is 4.98 Å². The molecule has 1 aliphatic heterocycles. The van der Waals surface area contributed by atoms with Crippen LogP contribution in [0.2, 0.25) is 0 Å². The molecule has 1 fully saturated rings. The van der Waals surface area contributed by atoms with Gasteiger partial charge in [-0.2, -0.15) is 5.26 Å². The molecule has 0 atom stereocenters. The molecule has 4 nitrogen and oxygen atoms in total. The zero-order valence-electron chi connectivity index (χ0n) is 12.2. The van der Waals surface area contributed by atoms with Crippen LogP contribution in [0.3, 0.4) is 0 Å². The Bertz CT molecular complexity index is 649. The lowest BCUT2D eigenvalue weighted by atomic mass is 10.0. The third-order valence-electron chi connectivity index (χ3n) is 3.99. The SMILES string of the molecule is CN1CCN(c2ccc(-c3ccncc3C#N)cc2)CC1. The molecule has 1 aliphatic rings. The predicted octanol–water partition coefficient (Wildman–Crippen LogP) is 2.37. The van der Waals surface area contributed by atoms with Crippen molar-refractivity contribution in [1.82, 2.24) is 9.88 Å². The van der Waals surface area contributed by atoms with Crippen LogP contribution in [-0.2, 0) is 0 Å². The summed E-state index contributed by atoms with van der Waals surface area (Å²) in [6, 6.07) is 12.5. The number of nitriles is 1. The summed E-state index contributed by atoms with van der Waals surface area (Å²) in [7, 11) is 2.16. The van der Waals surface area contributed by atoms with E-state index in [0.29, 0.717) is 5.56 Å². The fourth-order valence-corrected chi connectivity index (χ4v) is 2.65. The van der Waals surface area contributed by atoms with Crippen LogP contribution in [-0.4, -0.2) is 43.1 Å². The molecule has 4 heteroatoms. The number of anilines is 1. The number of aromatic nitrogens is 1. The van der Waals surface area contributed by atoms with E-state index in [1.54, 1.807) is 12.4 Å². The number of pyridine rings is 1. The summed E-state index contributed by atoms with van der Waals surface area (Å²) in [5, 5.41) is 9.16. The molecule has 21 heavy (non-hydrogen) atoms. The zero-order valence-corrected chi connectivity index (χ0v) is 12.2. The Morgan fingerprint density at radius 3 is 2.43 bits per heavy atom. The van der Waals surface area contributed by atoms with Crippen molar-refractivity contribution in [2.24, 2.45) is 0 Å². The van der Waals surface area contributed by atoms with Crippen molar-refractivity contribution in [3.63, 3.8) is 0 Å². The summed E-state index contributed by atoms with van der Waals surface area (Å²) in [6.45, 7) is 4.33. The lowest BCUT2D eigenvalue weighted by molar-refractivity contribution is 0.313. The van der Waals surface area contributed by atoms with E-state index < -0.39 is 0 Å². The van der Waals surface area contributed by atoms with Gasteiger partial charge in [0, 0.05) is 49.8 Å². The molecule has 0 bridgehead atoms. The highest BCUT2D eigenvalue weighted by Crippen LogP contribution is 2.25. The van der Waals surface area contributed by atoms with E-state index in [4.69, 9.17) is 5.26 Å². The van der Waals surface area contributed by atoms with Gasteiger partial charge in [-0.1, -0.05) is 12.1 Å². The van der Waals surface area contributed by atoms with Crippen molar-refractivity contribution < 1.29 is 0 Å². The van der Waals surface area contributed by atoms with Gasteiger partial charge in [0.05, 0.1) is 5.56 Å². The van der Waals surface area contributed by atoms with Gasteiger partial charge in [-0.25, -0.2) is 0 Å². The monoisotopic (exact) mass is 278 g/mol. The molecule has 1 aromatic carbocycles. The largest absolute Gasteiger partial charge is 0.369 e. The van der Waals surface area contributed by atoms with Crippen LogP contribution in [0.15, 0.2) is 42.7 Å². The van der Waals surface area contributed by atoms with Crippen molar-refractivity contribution in [1.29, 1.82) is 5.26 Å². The predicted molar refractivity (Wildman–Crippen MR) is 84.1 cm³/mol. The van der Waals surface area contributed by atoms with Gasteiger partial charge in [0.1, 0.15) is 6.07 Å². The molecular formula is C17H18N4. The van der Waals surface area contributed by atoms with Crippen LogP contribution in [0.25, 0.3) is 11.1 Å². The number of piperazine rings is 1. The normalized spacial score (nSPS) is 15.7. The Hall–Kier alpha value is -2.38. The van der Waals surface area contributed by atoms with Crippen LogP contribution in [0, 0.1) is 11.3 Å². The van der Waals surface area contributed by atoms with E-state index in [2.05, 4.69) is 52.2 Å². The fourth-order valence-electron chi connectivity index (χ4n) is 2.65. The van der Waals surface area contributed by atoms with Crippen LogP contribution < -0.4 is 4.90 Å². The molecule has 0 amide bonds. The summed E-state index contributed by atoms with van der Waals surface area (Å²) < 4.78 is 0. The van der Waals surface area contributed by atoms with Gasteiger partial charge >= 0.3 is 0 Å². The van der Waals surface area contributed by atoms with E-state index in [0.717, 1.165) is 37.3 Å². The maximum Gasteiger partial charge on any atom is 0.101 e. The number of likely N-dealkylation sites (N-methyl/N-ethyl adjacent to an activating group) is 1. The minimum Gasteiger partial charge on any atom is -0.369 e. The molecule has 2 heterocycles. The fraction of sp³-hybridized carbons (Fsp3) is 0.294. The first-order valence-electron chi connectivity index (χ1n) is 7.16. The quantitative estimate of drug-likeness (QED) is 0.846. The zero-order chi connectivity index (χ0) is 14.7. The minimum atomic E-state index is 0.616. The summed E-state index contributed by atoms with van der Waals surface area (Å²) in [6.07, 6.45) is 3.34. The molecule has 0 spiro atoms. The van der Waals surface area contributed by atoms with Gasteiger partial charge in [-0.05, 0) is 30.8 Å². The van der Waals surface area contributed by atoms with Gasteiger partial charge in [0.2, 0.25) is 0 Å². The number of benzene rings is 1. The average molecular weight is 278 g/mol. The molecule has 106 valence electrons. The highest BCUT2D eigenvalue weighted by atomic mass is 15.2. The number of hydrogen-bond acceptors (Lipinski definition) is 4. The summed E-state index contributed by atoms with van der Waals surface area (Å²) in [4.78, 5) is 8.76. The summed E-state index contributed by atoms with van der Waals surface area (Å²) in [5.41, 5.74) is 3.87. The second kappa shape index (κ2) is 5.94. The summed E-state index contributed by atoms with van der Waals surface area (Å²) >= 11 is 0. The molecule has 0 N–H and O–H groups in total. The van der Waals surface area contributed by atoms with Gasteiger partial charge in [-0.15, -0.1) is 0 Å². The Kier molecular flexibility index (Phi) is 3.85. The second-order valence-electron chi connectivity index (χ2n) is 5.37. The first kappa shape index (κ1) is 13.6. The van der Waals surface area contributed by atoms with E-state index in [-0.39, 0.29) is 0 Å². The third-order valence-corrected chi connectivity index (χ3v) is 3.99. The van der Waals surface area contributed by atoms with E-state index in [1.165, 1.54) is 5.69 Å². The van der Waals surface area contributed by atoms with Crippen molar-refractivity contribution in [2.45, 2.75) is 0 Å². The molecule has 1 aromatic heterocycles. The lowest BCUT2D eigenvalue weighted by Gasteiger charge is -2.34. The van der Waals surface area contributed by atoms with Crippen LogP contribution >= 0.6 is 0 Å². The highest BCUT2D eigenvalue weighted by Gasteiger charge is 2.14. The van der Waals surface area contributed by atoms with Crippen molar-refractivity contribution in [3.05, 3.63) is 48.3 Å². The summed E-state index contributed by atoms with van der Waals surface area (Å²) in [5.74, 6) is 0. The van der Waals surface area contributed by atoms with Gasteiger partial charge in [0.25, 0.3) is 0 Å². The standard InChI is InChI=1S/C17H18N4/c1-20-8-10-21(11-9-20)16-4-2-14(3-5-16)17-6-7-19-13-15(17)12-18/h2-7,13H,8-11H2,1H3. The van der Waals surface area contributed by atoms with Crippen molar-refractivity contribution in [2.75, 3.05) is 38.1 Å². The number of rotatable bonds is 2. The molecule has 0 radical (unpaired) electrons. The van der Waals surface area contributed by atoms with E-state index in [1.807, 2.05) is 6.07 Å². The molecule has 2 aromatic rings. The maximum atomic E-state index is 9.16. The number of nitrogens with zero attached hydrogens (tertiary/aromatic N) is 4. The molecular weight excluding hydrogens is 260 g/mol. The van der Waals surface area contributed by atoms with Crippen molar-refractivity contribution in [3.8, 4) is 17.2 Å². The molecule has 0 saturated carbocycles. The minimum absolute atomic E-state index is 0.616. The van der Waals surface area contributed by atoms with Gasteiger partial charge < -0.3 is 9.80 Å². The molecule has 3 rings (SSSR count). The Morgan fingerprint density at radius 1 is 1.05 bits per heavy atom. The van der Waals surface area contributed by atoms with Crippen LogP contribution in [0.4, 0.5) is 5.69 Å². The molecule has 1 saturated heterocycles. The second-order valence-corrected chi connectivity index (χ2v) is 5.37. The van der Waals surface area contributed by atoms with Crippen LogP contribution in [0.1, 0.15) is 5.56 Å². The first-order valence-corrected chi connectivity index (χ1v) is 7.16. The lowest BCUT2D eigenvalue weighted by Crippen LogP contribution is -2.44. The molecule has 0 unspecified atom stereocenters.